The van der Waals surface area contributed by atoms with Crippen LogP contribution in [0.4, 0.5) is 4.39 Å². The zero-order valence-corrected chi connectivity index (χ0v) is 11.5. The Morgan fingerprint density at radius 1 is 1.38 bits per heavy atom. The molecular formula is C14H16FN3O3. The summed E-state index contributed by atoms with van der Waals surface area (Å²) in [5, 5.41) is 16.9. The molecule has 2 aromatic rings. The van der Waals surface area contributed by atoms with Crippen LogP contribution >= 0.6 is 0 Å². The van der Waals surface area contributed by atoms with Gasteiger partial charge in [0.05, 0.1) is 12.3 Å². The monoisotopic (exact) mass is 293 g/mol. The first-order chi connectivity index (χ1) is 10.1. The summed E-state index contributed by atoms with van der Waals surface area (Å²) in [5.41, 5.74) is 0.273. The number of nitrogens with one attached hydrogen (secondary N) is 1. The Hall–Kier alpha value is -2.25. The van der Waals surface area contributed by atoms with Crippen molar-refractivity contribution in [3.8, 4) is 11.4 Å². The predicted octanol–water partition coefficient (Wildman–Crippen LogP) is 0.813. The number of aromatic nitrogens is 2. The number of hydrogen-bond donors (Lipinski definition) is 2. The second kappa shape index (κ2) is 6.96. The van der Waals surface area contributed by atoms with E-state index in [0.717, 1.165) is 10.7 Å². The van der Waals surface area contributed by atoms with Crippen LogP contribution in [0.25, 0.3) is 5.69 Å². The average molecular weight is 293 g/mol. The number of benzene rings is 1. The number of aromatic hydroxyl groups is 1. The first kappa shape index (κ1) is 15.1. The van der Waals surface area contributed by atoms with E-state index in [0.29, 0.717) is 24.5 Å². The lowest BCUT2D eigenvalue weighted by molar-refractivity contribution is 0.199. The number of rotatable bonds is 6. The lowest BCUT2D eigenvalue weighted by Gasteiger charge is -2.09. The maximum atomic E-state index is 12.9. The second-order valence-corrected chi connectivity index (χ2v) is 4.37. The SMILES string of the molecule is COCCNCc1nn(-c2ccc(F)cc2)c(=O)cc1O. The first-order valence-electron chi connectivity index (χ1n) is 6.39. The molecule has 7 heteroatoms. The molecule has 0 bridgehead atoms. The van der Waals surface area contributed by atoms with Crippen molar-refractivity contribution in [2.75, 3.05) is 20.3 Å². The summed E-state index contributed by atoms with van der Waals surface area (Å²) in [5.74, 6) is -0.574. The Balaban J connectivity index is 2.25. The highest BCUT2D eigenvalue weighted by Gasteiger charge is 2.09. The van der Waals surface area contributed by atoms with Gasteiger partial charge in [0, 0.05) is 26.3 Å². The van der Waals surface area contributed by atoms with Crippen molar-refractivity contribution in [2.24, 2.45) is 0 Å². The fraction of sp³-hybridized carbons (Fsp3) is 0.286. The highest BCUT2D eigenvalue weighted by molar-refractivity contribution is 5.33. The summed E-state index contributed by atoms with van der Waals surface area (Å²) in [6.07, 6.45) is 0. The molecule has 112 valence electrons. The summed E-state index contributed by atoms with van der Waals surface area (Å²) < 4.78 is 18.9. The lowest BCUT2D eigenvalue weighted by Crippen LogP contribution is -2.25. The maximum absolute atomic E-state index is 12.9. The van der Waals surface area contributed by atoms with Crippen LogP contribution in [0.1, 0.15) is 5.69 Å². The highest BCUT2D eigenvalue weighted by Crippen LogP contribution is 2.12. The van der Waals surface area contributed by atoms with Crippen molar-refractivity contribution in [2.45, 2.75) is 6.54 Å². The van der Waals surface area contributed by atoms with Gasteiger partial charge in [-0.2, -0.15) is 9.78 Å². The van der Waals surface area contributed by atoms with Crippen LogP contribution in [0.3, 0.4) is 0 Å². The third-order valence-electron chi connectivity index (χ3n) is 2.83. The van der Waals surface area contributed by atoms with Gasteiger partial charge in [-0.15, -0.1) is 0 Å². The molecule has 0 aliphatic rings. The Kier molecular flexibility index (Phi) is 5.02. The molecule has 0 saturated carbocycles. The van der Waals surface area contributed by atoms with Crippen LogP contribution in [-0.2, 0) is 11.3 Å². The molecule has 1 heterocycles. The molecule has 2 rings (SSSR count). The van der Waals surface area contributed by atoms with E-state index in [1.165, 1.54) is 24.3 Å². The van der Waals surface area contributed by atoms with Gasteiger partial charge >= 0.3 is 0 Å². The summed E-state index contributed by atoms with van der Waals surface area (Å²) in [6, 6.07) is 6.47. The molecule has 0 saturated heterocycles. The fourth-order valence-electron chi connectivity index (χ4n) is 1.76. The van der Waals surface area contributed by atoms with Gasteiger partial charge in [-0.1, -0.05) is 0 Å². The number of hydrogen-bond acceptors (Lipinski definition) is 5. The Morgan fingerprint density at radius 2 is 2.10 bits per heavy atom. The predicted molar refractivity (Wildman–Crippen MR) is 75.0 cm³/mol. The van der Waals surface area contributed by atoms with E-state index in [-0.39, 0.29) is 12.3 Å². The molecule has 1 aromatic heterocycles. The topological polar surface area (TPSA) is 76.4 Å². The van der Waals surface area contributed by atoms with Crippen LogP contribution < -0.4 is 10.9 Å². The maximum Gasteiger partial charge on any atom is 0.275 e. The number of methoxy groups -OCH3 is 1. The van der Waals surface area contributed by atoms with E-state index in [1.807, 2.05) is 0 Å². The molecular weight excluding hydrogens is 277 g/mol. The van der Waals surface area contributed by atoms with Gasteiger partial charge in [-0.05, 0) is 24.3 Å². The van der Waals surface area contributed by atoms with Gasteiger partial charge in [-0.3, -0.25) is 4.79 Å². The van der Waals surface area contributed by atoms with Gasteiger partial charge < -0.3 is 15.2 Å². The molecule has 0 aliphatic heterocycles. The molecule has 0 spiro atoms. The van der Waals surface area contributed by atoms with Crippen LogP contribution in [0.15, 0.2) is 35.1 Å². The largest absolute Gasteiger partial charge is 0.506 e. The van der Waals surface area contributed by atoms with Gasteiger partial charge in [-0.25, -0.2) is 4.39 Å². The fourth-order valence-corrected chi connectivity index (χ4v) is 1.76. The third kappa shape index (κ3) is 3.87. The molecule has 0 radical (unpaired) electrons. The second-order valence-electron chi connectivity index (χ2n) is 4.37. The highest BCUT2D eigenvalue weighted by atomic mass is 19.1. The molecule has 2 N–H and O–H groups in total. The molecule has 21 heavy (non-hydrogen) atoms. The van der Waals surface area contributed by atoms with E-state index in [9.17, 15) is 14.3 Å². The van der Waals surface area contributed by atoms with Gasteiger partial charge in [0.25, 0.3) is 5.56 Å². The molecule has 1 aromatic carbocycles. The van der Waals surface area contributed by atoms with Gasteiger partial charge in [0.2, 0.25) is 0 Å². The molecule has 0 amide bonds. The van der Waals surface area contributed by atoms with E-state index < -0.39 is 11.4 Å². The van der Waals surface area contributed by atoms with E-state index in [4.69, 9.17) is 4.74 Å². The van der Waals surface area contributed by atoms with Crippen molar-refractivity contribution in [1.82, 2.24) is 15.1 Å². The minimum absolute atomic E-state index is 0.178. The van der Waals surface area contributed by atoms with E-state index >= 15 is 0 Å². The van der Waals surface area contributed by atoms with Crippen LogP contribution in [0.5, 0.6) is 5.75 Å². The van der Waals surface area contributed by atoms with Crippen LogP contribution in [0, 0.1) is 5.82 Å². The number of nitrogens with zero attached hydrogens (tertiary/aromatic N) is 2. The zero-order valence-electron chi connectivity index (χ0n) is 11.5. The lowest BCUT2D eigenvalue weighted by atomic mass is 10.3. The molecule has 0 fully saturated rings. The van der Waals surface area contributed by atoms with Crippen molar-refractivity contribution in [3.63, 3.8) is 0 Å². The minimum Gasteiger partial charge on any atom is -0.506 e. The van der Waals surface area contributed by atoms with Crippen LogP contribution in [0.2, 0.25) is 0 Å². The smallest absolute Gasteiger partial charge is 0.275 e. The van der Waals surface area contributed by atoms with Crippen molar-refractivity contribution >= 4 is 0 Å². The average Bonchev–Trinajstić information content (AvgIpc) is 2.47. The van der Waals surface area contributed by atoms with Crippen molar-refractivity contribution in [1.29, 1.82) is 0 Å². The van der Waals surface area contributed by atoms with Crippen molar-refractivity contribution < 1.29 is 14.2 Å². The van der Waals surface area contributed by atoms with Crippen LogP contribution in [-0.4, -0.2) is 35.1 Å². The quantitative estimate of drug-likeness (QED) is 0.771. The Labute approximate surface area is 120 Å². The summed E-state index contributed by atoms with van der Waals surface area (Å²) in [7, 11) is 1.59. The first-order valence-corrected chi connectivity index (χ1v) is 6.39. The van der Waals surface area contributed by atoms with E-state index in [2.05, 4.69) is 10.4 Å². The van der Waals surface area contributed by atoms with Gasteiger partial charge in [0.15, 0.2) is 0 Å². The summed E-state index contributed by atoms with van der Waals surface area (Å²) in [4.78, 5) is 11.9. The zero-order chi connectivity index (χ0) is 15.2. The molecule has 0 unspecified atom stereocenters. The summed E-state index contributed by atoms with van der Waals surface area (Å²) in [6.45, 7) is 1.41. The third-order valence-corrected chi connectivity index (χ3v) is 2.83. The summed E-state index contributed by atoms with van der Waals surface area (Å²) >= 11 is 0. The van der Waals surface area contributed by atoms with Gasteiger partial charge in [0.1, 0.15) is 17.3 Å². The molecule has 0 aliphatic carbocycles. The number of halogens is 1. The Bertz CT molecular complexity index is 656. The Morgan fingerprint density at radius 3 is 2.76 bits per heavy atom. The standard InChI is InChI=1S/C14H16FN3O3/c1-21-7-6-16-9-12-13(19)8-14(20)18(17-12)11-4-2-10(15)3-5-11/h2-5,8,16,19H,6-7,9H2,1H3. The molecule has 0 atom stereocenters. The number of ether oxygens (including phenoxy) is 1. The molecule has 6 nitrogen and oxygen atoms in total. The normalized spacial score (nSPS) is 10.8. The van der Waals surface area contributed by atoms with Crippen molar-refractivity contribution in [3.05, 3.63) is 52.2 Å². The van der Waals surface area contributed by atoms with E-state index in [1.54, 1.807) is 7.11 Å². The minimum atomic E-state index is -0.486.